The van der Waals surface area contributed by atoms with Gasteiger partial charge in [0, 0.05) is 20.1 Å². The Bertz CT molecular complexity index is 1130. The predicted molar refractivity (Wildman–Crippen MR) is 101 cm³/mol. The summed E-state index contributed by atoms with van der Waals surface area (Å²) in [5.74, 6) is 0.384. The SMILES string of the molecule is [2H]C1([2H])Oc2cc(C)c(C3CCN(S(=O)(=O)c4cnn(C)c4C)CC3)cc2OC1([2H])[2H]. The van der Waals surface area contributed by atoms with Gasteiger partial charge in [-0.2, -0.15) is 9.40 Å². The van der Waals surface area contributed by atoms with Gasteiger partial charge in [-0.3, -0.25) is 4.68 Å². The summed E-state index contributed by atoms with van der Waals surface area (Å²) < 4.78 is 70.6. The van der Waals surface area contributed by atoms with Gasteiger partial charge >= 0.3 is 0 Å². The number of benzene rings is 1. The molecule has 2 aliphatic rings. The maximum atomic E-state index is 13.0. The molecule has 3 heterocycles. The summed E-state index contributed by atoms with van der Waals surface area (Å²) in [6, 6.07) is 3.34. The molecule has 0 spiro atoms. The Morgan fingerprint density at radius 3 is 2.37 bits per heavy atom. The van der Waals surface area contributed by atoms with E-state index in [9.17, 15) is 8.42 Å². The van der Waals surface area contributed by atoms with E-state index in [0.717, 1.165) is 11.1 Å². The van der Waals surface area contributed by atoms with Crippen LogP contribution in [0.25, 0.3) is 0 Å². The largest absolute Gasteiger partial charge is 0.486 e. The maximum absolute atomic E-state index is 13.0. The fourth-order valence-corrected chi connectivity index (χ4v) is 5.36. The molecule has 1 aromatic heterocycles. The van der Waals surface area contributed by atoms with E-state index in [0.29, 0.717) is 31.6 Å². The van der Waals surface area contributed by atoms with Crippen LogP contribution in [0.15, 0.2) is 23.2 Å². The van der Waals surface area contributed by atoms with Crippen molar-refractivity contribution < 1.29 is 23.4 Å². The number of hydrogen-bond donors (Lipinski definition) is 0. The summed E-state index contributed by atoms with van der Waals surface area (Å²) in [6.45, 7) is -0.896. The normalized spacial score (nSPS) is 24.6. The second-order valence-corrected chi connectivity index (χ2v) is 8.87. The van der Waals surface area contributed by atoms with E-state index in [1.54, 1.807) is 30.8 Å². The number of aromatic nitrogens is 2. The third kappa shape index (κ3) is 3.21. The Morgan fingerprint density at radius 2 is 1.78 bits per heavy atom. The molecule has 2 aliphatic heterocycles. The second kappa shape index (κ2) is 6.83. The van der Waals surface area contributed by atoms with Gasteiger partial charge in [-0.1, -0.05) is 0 Å². The lowest BCUT2D eigenvalue weighted by Gasteiger charge is -2.32. The van der Waals surface area contributed by atoms with E-state index in [2.05, 4.69) is 5.10 Å². The minimum Gasteiger partial charge on any atom is -0.486 e. The minimum absolute atomic E-state index is 0.0694. The zero-order chi connectivity index (χ0) is 22.8. The molecule has 1 saturated heterocycles. The highest BCUT2D eigenvalue weighted by molar-refractivity contribution is 7.89. The lowest BCUT2D eigenvalue weighted by molar-refractivity contribution is 0.171. The van der Waals surface area contributed by atoms with Crippen molar-refractivity contribution in [2.24, 2.45) is 7.05 Å². The average molecular weight is 396 g/mol. The molecule has 8 heteroatoms. The molecule has 146 valence electrons. The van der Waals surface area contributed by atoms with Crippen LogP contribution in [0, 0.1) is 13.8 Å². The Balaban J connectivity index is 1.54. The van der Waals surface area contributed by atoms with Gasteiger partial charge in [-0.05, 0) is 55.9 Å². The van der Waals surface area contributed by atoms with Crippen LogP contribution >= 0.6 is 0 Å². The van der Waals surface area contributed by atoms with Crippen LogP contribution in [0.1, 0.15) is 41.1 Å². The van der Waals surface area contributed by atoms with E-state index >= 15 is 0 Å². The molecule has 0 unspecified atom stereocenters. The first kappa shape index (κ1) is 14.0. The molecule has 0 bridgehead atoms. The van der Waals surface area contributed by atoms with Crippen molar-refractivity contribution in [3.8, 4) is 11.5 Å². The second-order valence-electron chi connectivity index (χ2n) is 6.96. The molecule has 0 amide bonds. The number of fused-ring (bicyclic) bond motifs is 1. The molecule has 1 aromatic carbocycles. The molecule has 7 nitrogen and oxygen atoms in total. The Hall–Kier alpha value is -2.06. The topological polar surface area (TPSA) is 73.7 Å². The van der Waals surface area contributed by atoms with Crippen LogP contribution in [0.2, 0.25) is 0 Å². The molecule has 0 saturated carbocycles. The molecule has 1 fully saturated rings. The molecule has 0 aliphatic carbocycles. The van der Waals surface area contributed by atoms with Gasteiger partial charge in [-0.15, -0.1) is 0 Å². The standard InChI is InChI=1S/C19H25N3O4S/c1-13-10-17-18(26-9-8-25-17)11-16(13)15-4-6-22(7-5-15)27(23,24)19-12-20-21(3)14(19)2/h10-12,15H,4-9H2,1-3H3/i8D2,9D2. The number of nitrogens with zero attached hydrogens (tertiary/aromatic N) is 3. The average Bonchev–Trinajstić information content (AvgIpc) is 3.02. The summed E-state index contributed by atoms with van der Waals surface area (Å²) in [5.41, 5.74) is 2.39. The van der Waals surface area contributed by atoms with Crippen LogP contribution in [0.5, 0.6) is 11.5 Å². The molecule has 2 aromatic rings. The molecular formula is C19H25N3O4S. The highest BCUT2D eigenvalue weighted by atomic mass is 32.2. The molecule has 4 rings (SSSR count). The smallest absolute Gasteiger partial charge is 0.246 e. The third-order valence-corrected chi connectivity index (χ3v) is 7.40. The van der Waals surface area contributed by atoms with Crippen molar-refractivity contribution in [2.45, 2.75) is 37.5 Å². The van der Waals surface area contributed by atoms with Crippen LogP contribution in [0.3, 0.4) is 0 Å². The van der Waals surface area contributed by atoms with Crippen LogP contribution in [-0.4, -0.2) is 48.7 Å². The van der Waals surface area contributed by atoms with Crippen molar-refractivity contribution in [3.05, 3.63) is 35.2 Å². The molecule has 27 heavy (non-hydrogen) atoms. The molecule has 0 N–H and O–H groups in total. The first-order valence-corrected chi connectivity index (χ1v) is 10.3. The lowest BCUT2D eigenvalue weighted by atomic mass is 9.87. The van der Waals surface area contributed by atoms with Crippen LogP contribution < -0.4 is 9.47 Å². The lowest BCUT2D eigenvalue weighted by Crippen LogP contribution is -2.38. The van der Waals surface area contributed by atoms with E-state index in [1.807, 2.05) is 6.92 Å². The maximum Gasteiger partial charge on any atom is 0.246 e. The van der Waals surface area contributed by atoms with E-state index < -0.39 is 23.1 Å². The first-order chi connectivity index (χ1) is 14.3. The Kier molecular flexibility index (Phi) is 3.55. The zero-order valence-electron chi connectivity index (χ0n) is 19.5. The Morgan fingerprint density at radius 1 is 1.15 bits per heavy atom. The van der Waals surface area contributed by atoms with Gasteiger partial charge < -0.3 is 9.47 Å². The summed E-state index contributed by atoms with van der Waals surface area (Å²) in [6.07, 6.45) is 2.59. The monoisotopic (exact) mass is 395 g/mol. The van der Waals surface area contributed by atoms with Crippen molar-refractivity contribution in [1.82, 2.24) is 14.1 Å². The molecule has 0 atom stereocenters. The number of rotatable bonds is 3. The number of sulfonamides is 1. The predicted octanol–water partition coefficient (Wildman–Crippen LogP) is 2.38. The van der Waals surface area contributed by atoms with Gasteiger partial charge in [0.05, 0.1) is 17.4 Å². The quantitative estimate of drug-likeness (QED) is 0.798. The van der Waals surface area contributed by atoms with Gasteiger partial charge in [0.25, 0.3) is 0 Å². The fourth-order valence-electron chi connectivity index (χ4n) is 3.71. The van der Waals surface area contributed by atoms with E-state index in [4.69, 9.17) is 15.0 Å². The third-order valence-electron chi connectivity index (χ3n) is 5.40. The van der Waals surface area contributed by atoms with Crippen molar-refractivity contribution in [3.63, 3.8) is 0 Å². The van der Waals surface area contributed by atoms with Crippen molar-refractivity contribution in [1.29, 1.82) is 0 Å². The summed E-state index contributed by atoms with van der Waals surface area (Å²) in [5, 5.41) is 4.04. The summed E-state index contributed by atoms with van der Waals surface area (Å²) in [7, 11) is -1.91. The zero-order valence-corrected chi connectivity index (χ0v) is 16.3. The fraction of sp³-hybridized carbons (Fsp3) is 0.526. The van der Waals surface area contributed by atoms with Gasteiger partial charge in [0.2, 0.25) is 10.0 Å². The van der Waals surface area contributed by atoms with Crippen molar-refractivity contribution in [2.75, 3.05) is 26.2 Å². The number of hydrogen-bond acceptors (Lipinski definition) is 5. The first-order valence-electron chi connectivity index (χ1n) is 10.8. The summed E-state index contributed by atoms with van der Waals surface area (Å²) >= 11 is 0. The minimum atomic E-state index is -3.62. The summed E-state index contributed by atoms with van der Waals surface area (Å²) in [4.78, 5) is 0.223. The van der Waals surface area contributed by atoms with Gasteiger partial charge in [0.1, 0.15) is 18.0 Å². The highest BCUT2D eigenvalue weighted by Gasteiger charge is 2.33. The molecular weight excluding hydrogens is 366 g/mol. The highest BCUT2D eigenvalue weighted by Crippen LogP contribution is 2.39. The van der Waals surface area contributed by atoms with E-state index in [1.165, 1.54) is 10.5 Å². The Labute approximate surface area is 165 Å². The number of ether oxygens (including phenoxy) is 2. The van der Waals surface area contributed by atoms with E-state index in [-0.39, 0.29) is 22.3 Å². The van der Waals surface area contributed by atoms with Crippen LogP contribution in [-0.2, 0) is 17.1 Å². The van der Waals surface area contributed by atoms with Crippen LogP contribution in [0.4, 0.5) is 0 Å². The number of piperidine rings is 1. The van der Waals surface area contributed by atoms with Crippen molar-refractivity contribution >= 4 is 10.0 Å². The van der Waals surface area contributed by atoms with Gasteiger partial charge in [0.15, 0.2) is 11.5 Å². The van der Waals surface area contributed by atoms with Gasteiger partial charge in [-0.25, -0.2) is 8.42 Å². The molecule has 0 radical (unpaired) electrons. The number of aryl methyl sites for hydroxylation is 2.